The number of likely N-dealkylation sites (N-methyl/N-ethyl adjacent to an activating group) is 1. The molecule has 0 aliphatic heterocycles. The number of nitrogens with one attached hydrogen (secondary N) is 2. The minimum Gasteiger partial charge on any atom is -0.354 e. The second-order valence-electron chi connectivity index (χ2n) is 5.26. The van der Waals surface area contributed by atoms with Crippen LogP contribution in [0.25, 0.3) is 0 Å². The molecule has 1 aromatic rings. The Morgan fingerprint density at radius 2 is 2.00 bits per heavy atom. The summed E-state index contributed by atoms with van der Waals surface area (Å²) in [5, 5.41) is 6.37. The van der Waals surface area contributed by atoms with E-state index in [-0.39, 0.29) is 11.3 Å². The van der Waals surface area contributed by atoms with Crippen molar-refractivity contribution in [3.8, 4) is 0 Å². The summed E-state index contributed by atoms with van der Waals surface area (Å²) in [6.45, 7) is 5.77. The Morgan fingerprint density at radius 3 is 2.53 bits per heavy atom. The summed E-state index contributed by atoms with van der Waals surface area (Å²) in [5.74, 6) is 0.166. The molecule has 0 radical (unpaired) electrons. The molecule has 1 fully saturated rings. The van der Waals surface area contributed by atoms with E-state index >= 15 is 0 Å². The lowest BCUT2D eigenvalue weighted by molar-refractivity contribution is -0.123. The fourth-order valence-electron chi connectivity index (χ4n) is 2.38. The summed E-state index contributed by atoms with van der Waals surface area (Å²) in [4.78, 5) is 12.4. The van der Waals surface area contributed by atoms with Crippen molar-refractivity contribution in [3.05, 3.63) is 34.3 Å². The van der Waals surface area contributed by atoms with Crippen molar-refractivity contribution in [2.75, 3.05) is 13.1 Å². The van der Waals surface area contributed by atoms with Gasteiger partial charge in [-0.2, -0.15) is 0 Å². The topological polar surface area (TPSA) is 41.1 Å². The number of carbonyl (C=O) groups is 1. The van der Waals surface area contributed by atoms with E-state index < -0.39 is 0 Å². The minimum atomic E-state index is -0.271. The van der Waals surface area contributed by atoms with Crippen LogP contribution in [0.5, 0.6) is 0 Å². The first-order valence-corrected chi connectivity index (χ1v) is 7.65. The predicted octanol–water partition coefficient (Wildman–Crippen LogP) is 2.59. The molecule has 2 rings (SSSR count). The summed E-state index contributed by atoms with van der Waals surface area (Å²) in [5.41, 5.74) is 0.858. The van der Waals surface area contributed by atoms with Gasteiger partial charge in [-0.25, -0.2) is 0 Å². The molecule has 0 aromatic heterocycles. The molecule has 3 nitrogen and oxygen atoms in total. The largest absolute Gasteiger partial charge is 0.354 e. The monoisotopic (exact) mass is 324 g/mol. The number of hydrogen-bond acceptors (Lipinski definition) is 2. The highest BCUT2D eigenvalue weighted by Crippen LogP contribution is 2.48. The van der Waals surface area contributed by atoms with E-state index in [2.05, 4.69) is 40.4 Å². The second-order valence-corrected chi connectivity index (χ2v) is 6.17. The molecule has 1 aromatic carbocycles. The van der Waals surface area contributed by atoms with E-state index in [9.17, 15) is 4.79 Å². The molecular weight excluding hydrogens is 304 g/mol. The second kappa shape index (κ2) is 6.06. The first kappa shape index (κ1) is 14.5. The van der Waals surface area contributed by atoms with Crippen LogP contribution in [0.4, 0.5) is 0 Å². The normalized spacial score (nSPS) is 17.8. The molecule has 19 heavy (non-hydrogen) atoms. The summed E-state index contributed by atoms with van der Waals surface area (Å²) >= 11 is 3.43. The van der Waals surface area contributed by atoms with Crippen molar-refractivity contribution in [2.24, 2.45) is 0 Å². The van der Waals surface area contributed by atoms with Gasteiger partial charge in [-0.05, 0) is 44.0 Å². The van der Waals surface area contributed by atoms with Gasteiger partial charge in [0.25, 0.3) is 0 Å². The van der Waals surface area contributed by atoms with Gasteiger partial charge in [0, 0.05) is 17.1 Å². The van der Waals surface area contributed by atoms with Crippen LogP contribution in [-0.2, 0) is 10.2 Å². The van der Waals surface area contributed by atoms with Crippen LogP contribution in [0, 0.1) is 0 Å². The van der Waals surface area contributed by atoms with E-state index in [1.807, 2.05) is 24.3 Å². The van der Waals surface area contributed by atoms with Crippen molar-refractivity contribution in [3.63, 3.8) is 0 Å². The first-order valence-electron chi connectivity index (χ1n) is 6.86. The fourth-order valence-corrected chi connectivity index (χ4v) is 2.64. The fraction of sp³-hybridized carbons (Fsp3) is 0.533. The van der Waals surface area contributed by atoms with E-state index in [0.717, 1.165) is 29.4 Å². The van der Waals surface area contributed by atoms with Crippen molar-refractivity contribution in [1.29, 1.82) is 0 Å². The summed E-state index contributed by atoms with van der Waals surface area (Å²) in [6.07, 6.45) is 1.91. The van der Waals surface area contributed by atoms with Gasteiger partial charge < -0.3 is 10.6 Å². The number of benzene rings is 1. The molecule has 104 valence electrons. The van der Waals surface area contributed by atoms with Gasteiger partial charge >= 0.3 is 0 Å². The van der Waals surface area contributed by atoms with Crippen LogP contribution in [0.1, 0.15) is 32.3 Å². The zero-order chi connectivity index (χ0) is 13.9. The van der Waals surface area contributed by atoms with Crippen LogP contribution >= 0.6 is 15.9 Å². The van der Waals surface area contributed by atoms with Crippen LogP contribution < -0.4 is 10.6 Å². The molecule has 1 saturated carbocycles. The number of amides is 1. The molecular formula is C15H21BrN2O. The number of halogens is 1. The van der Waals surface area contributed by atoms with Gasteiger partial charge in [0.15, 0.2) is 0 Å². The standard InChI is InChI=1S/C15H21BrN2O/c1-3-17-11(2)10-18-14(19)15(8-9-15)12-4-6-13(16)7-5-12/h4-7,11,17H,3,8-10H2,1-2H3,(H,18,19)/t11-/m1/s1. The van der Waals surface area contributed by atoms with Gasteiger partial charge in [-0.3, -0.25) is 4.79 Å². The highest BCUT2D eigenvalue weighted by Gasteiger charge is 2.51. The highest BCUT2D eigenvalue weighted by atomic mass is 79.9. The molecule has 1 aliphatic rings. The summed E-state index contributed by atoms with van der Waals surface area (Å²) in [6, 6.07) is 8.41. The lowest BCUT2D eigenvalue weighted by Gasteiger charge is -2.18. The zero-order valence-corrected chi connectivity index (χ0v) is 13.1. The van der Waals surface area contributed by atoms with Crippen molar-refractivity contribution < 1.29 is 4.79 Å². The van der Waals surface area contributed by atoms with E-state index in [1.165, 1.54) is 0 Å². The molecule has 0 bridgehead atoms. The first-order chi connectivity index (χ1) is 9.08. The zero-order valence-electron chi connectivity index (χ0n) is 11.5. The molecule has 1 amide bonds. The Morgan fingerprint density at radius 1 is 1.37 bits per heavy atom. The van der Waals surface area contributed by atoms with Gasteiger partial charge in [-0.15, -0.1) is 0 Å². The SMILES string of the molecule is CCN[C@H](C)CNC(=O)C1(c2ccc(Br)cc2)CC1. The maximum Gasteiger partial charge on any atom is 0.230 e. The molecule has 2 N–H and O–H groups in total. The maximum atomic E-state index is 12.4. The predicted molar refractivity (Wildman–Crippen MR) is 81.2 cm³/mol. The van der Waals surface area contributed by atoms with E-state index in [1.54, 1.807) is 0 Å². The van der Waals surface area contributed by atoms with Crippen molar-refractivity contribution in [2.45, 2.75) is 38.1 Å². The van der Waals surface area contributed by atoms with Gasteiger partial charge in [0.05, 0.1) is 5.41 Å². The quantitative estimate of drug-likeness (QED) is 0.844. The van der Waals surface area contributed by atoms with E-state index in [4.69, 9.17) is 0 Å². The molecule has 0 heterocycles. The van der Waals surface area contributed by atoms with Gasteiger partial charge in [0.2, 0.25) is 5.91 Å². The minimum absolute atomic E-state index is 0.166. The third kappa shape index (κ3) is 3.37. The Labute approximate surface area is 123 Å². The number of rotatable bonds is 6. The Kier molecular flexibility index (Phi) is 4.63. The van der Waals surface area contributed by atoms with Gasteiger partial charge in [0.1, 0.15) is 0 Å². The van der Waals surface area contributed by atoms with Crippen LogP contribution in [0.3, 0.4) is 0 Å². The Hall–Kier alpha value is -0.870. The summed E-state index contributed by atoms with van der Waals surface area (Å²) in [7, 11) is 0. The highest BCUT2D eigenvalue weighted by molar-refractivity contribution is 9.10. The smallest absolute Gasteiger partial charge is 0.230 e. The van der Waals surface area contributed by atoms with Crippen LogP contribution in [0.15, 0.2) is 28.7 Å². The molecule has 0 spiro atoms. The molecule has 1 aliphatic carbocycles. The molecule has 0 unspecified atom stereocenters. The van der Waals surface area contributed by atoms with Gasteiger partial charge in [-0.1, -0.05) is 35.0 Å². The number of hydrogen-bond donors (Lipinski definition) is 2. The average molecular weight is 325 g/mol. The van der Waals surface area contributed by atoms with E-state index in [0.29, 0.717) is 12.6 Å². The molecule has 4 heteroatoms. The van der Waals surface area contributed by atoms with Crippen LogP contribution in [0.2, 0.25) is 0 Å². The Bertz CT molecular complexity index is 440. The average Bonchev–Trinajstić information content (AvgIpc) is 3.19. The summed E-state index contributed by atoms with van der Waals surface area (Å²) < 4.78 is 1.05. The van der Waals surface area contributed by atoms with Crippen LogP contribution in [-0.4, -0.2) is 25.0 Å². The molecule has 1 atom stereocenters. The Balaban J connectivity index is 1.96. The lowest BCUT2D eigenvalue weighted by Crippen LogP contribution is -2.42. The maximum absolute atomic E-state index is 12.4. The van der Waals surface area contributed by atoms with Crippen molar-refractivity contribution in [1.82, 2.24) is 10.6 Å². The van der Waals surface area contributed by atoms with Crippen molar-refractivity contribution >= 4 is 21.8 Å². The number of carbonyl (C=O) groups excluding carboxylic acids is 1. The third-order valence-electron chi connectivity index (χ3n) is 3.70. The third-order valence-corrected chi connectivity index (χ3v) is 4.23. The lowest BCUT2D eigenvalue weighted by atomic mass is 9.95. The molecule has 0 saturated heterocycles.